The fraction of sp³-hybridized carbons (Fsp3) is 0.400. The van der Waals surface area contributed by atoms with Gasteiger partial charge in [-0.05, 0) is 31.0 Å². The molecule has 0 fully saturated rings. The van der Waals surface area contributed by atoms with Crippen LogP contribution >= 0.6 is 0 Å². The van der Waals surface area contributed by atoms with Gasteiger partial charge in [0, 0.05) is 6.54 Å². The van der Waals surface area contributed by atoms with E-state index in [-0.39, 0.29) is 24.5 Å². The Labute approximate surface area is 128 Å². The minimum atomic E-state index is -0.654. The van der Waals surface area contributed by atoms with E-state index < -0.39 is 12.0 Å². The zero-order chi connectivity index (χ0) is 16.1. The van der Waals surface area contributed by atoms with E-state index >= 15 is 0 Å². The maximum atomic E-state index is 12.0. The molecule has 7 nitrogen and oxygen atoms in total. The van der Waals surface area contributed by atoms with E-state index in [0.29, 0.717) is 5.69 Å². The number of hydrogen-bond donors (Lipinski definition) is 3. The lowest BCUT2D eigenvalue weighted by atomic mass is 10.2. The van der Waals surface area contributed by atoms with Crippen LogP contribution in [0.25, 0.3) is 5.69 Å². The fourth-order valence-electron chi connectivity index (χ4n) is 1.92. The molecule has 2 rings (SSSR count). The minimum absolute atomic E-state index is 0.0581. The largest absolute Gasteiger partial charge is 0.392 e. The topological polar surface area (TPSA) is 100 Å². The summed E-state index contributed by atoms with van der Waals surface area (Å²) in [5.41, 5.74) is 2.15. The second-order valence-electron chi connectivity index (χ2n) is 5.02. The molecular weight excluding hydrogens is 284 g/mol. The Hall–Kier alpha value is -2.25. The molecule has 3 N–H and O–H groups in total. The summed E-state index contributed by atoms with van der Waals surface area (Å²) in [5, 5.41) is 29.4. The summed E-state index contributed by atoms with van der Waals surface area (Å²) in [6.07, 6.45) is 0.278. The lowest BCUT2D eigenvalue weighted by Crippen LogP contribution is -2.31. The number of aryl methyl sites for hydroxylation is 1. The molecule has 1 atom stereocenters. The zero-order valence-electron chi connectivity index (χ0n) is 12.7. The highest BCUT2D eigenvalue weighted by Crippen LogP contribution is 2.11. The third-order valence-corrected chi connectivity index (χ3v) is 3.18. The Morgan fingerprint density at radius 1 is 1.32 bits per heavy atom. The van der Waals surface area contributed by atoms with Crippen LogP contribution < -0.4 is 5.32 Å². The van der Waals surface area contributed by atoms with Gasteiger partial charge in [0.1, 0.15) is 5.69 Å². The van der Waals surface area contributed by atoms with E-state index in [0.717, 1.165) is 6.42 Å². The molecule has 1 aromatic heterocycles. The molecule has 1 amide bonds. The van der Waals surface area contributed by atoms with Crippen molar-refractivity contribution in [2.45, 2.75) is 33.0 Å². The Bertz CT molecular complexity index is 635. The Kier molecular flexibility index (Phi) is 5.24. The molecule has 0 radical (unpaired) electrons. The number of nitrogens with zero attached hydrogens (tertiary/aromatic N) is 3. The third-order valence-electron chi connectivity index (χ3n) is 3.18. The molecule has 0 saturated heterocycles. The Morgan fingerprint density at radius 2 is 2.00 bits per heavy atom. The number of carbonyl (C=O) groups is 1. The monoisotopic (exact) mass is 304 g/mol. The predicted octanol–water partition coefficient (Wildman–Crippen LogP) is 0.433. The Morgan fingerprint density at radius 3 is 2.55 bits per heavy atom. The van der Waals surface area contributed by atoms with Crippen molar-refractivity contribution in [1.82, 2.24) is 20.3 Å². The van der Waals surface area contributed by atoms with Gasteiger partial charge in [0.2, 0.25) is 0 Å². The zero-order valence-corrected chi connectivity index (χ0v) is 12.7. The van der Waals surface area contributed by atoms with E-state index in [4.69, 9.17) is 0 Å². The lowest BCUT2D eigenvalue weighted by Gasteiger charge is -2.05. The third kappa shape index (κ3) is 3.69. The van der Waals surface area contributed by atoms with Crippen LogP contribution in [-0.2, 0) is 13.0 Å². The van der Waals surface area contributed by atoms with Crippen LogP contribution in [0.5, 0.6) is 0 Å². The molecule has 1 aromatic carbocycles. The van der Waals surface area contributed by atoms with Gasteiger partial charge in [-0.1, -0.05) is 19.1 Å². The van der Waals surface area contributed by atoms with Gasteiger partial charge < -0.3 is 15.5 Å². The van der Waals surface area contributed by atoms with Crippen molar-refractivity contribution in [1.29, 1.82) is 0 Å². The number of rotatable bonds is 6. The summed E-state index contributed by atoms with van der Waals surface area (Å²) in [6, 6.07) is 7.64. The van der Waals surface area contributed by atoms with E-state index in [1.165, 1.54) is 10.4 Å². The number of aliphatic hydroxyl groups excluding tert-OH is 2. The van der Waals surface area contributed by atoms with Crippen molar-refractivity contribution >= 4 is 5.91 Å². The van der Waals surface area contributed by atoms with Crippen LogP contribution in [0, 0.1) is 0 Å². The quantitative estimate of drug-likeness (QED) is 0.718. The van der Waals surface area contributed by atoms with E-state index in [1.807, 2.05) is 24.3 Å². The van der Waals surface area contributed by atoms with E-state index in [2.05, 4.69) is 22.4 Å². The maximum Gasteiger partial charge on any atom is 0.273 e. The van der Waals surface area contributed by atoms with Crippen molar-refractivity contribution in [3.63, 3.8) is 0 Å². The van der Waals surface area contributed by atoms with E-state index in [9.17, 15) is 15.0 Å². The molecule has 2 aromatic rings. The summed E-state index contributed by atoms with van der Waals surface area (Å²) in [6.45, 7) is 3.36. The van der Waals surface area contributed by atoms with Crippen LogP contribution in [0.1, 0.15) is 35.6 Å². The molecule has 0 unspecified atom stereocenters. The van der Waals surface area contributed by atoms with Gasteiger partial charge in [-0.25, -0.2) is 0 Å². The first-order chi connectivity index (χ1) is 10.5. The first kappa shape index (κ1) is 16.1. The molecule has 0 aliphatic heterocycles. The summed E-state index contributed by atoms with van der Waals surface area (Å²) in [4.78, 5) is 13.3. The minimum Gasteiger partial charge on any atom is -0.392 e. The van der Waals surface area contributed by atoms with Crippen molar-refractivity contribution < 1.29 is 15.0 Å². The van der Waals surface area contributed by atoms with Gasteiger partial charge in [-0.15, -0.1) is 10.2 Å². The second kappa shape index (κ2) is 7.15. The molecule has 22 heavy (non-hydrogen) atoms. The standard InChI is InChI=1S/C15H20N4O3/c1-3-11-4-6-12(7-5-11)19-17-13(9-20)14(18-19)15(22)16-8-10(2)21/h4-7,10,20-21H,3,8-9H2,1-2H3,(H,16,22)/t10-/m0/s1. The van der Waals surface area contributed by atoms with Gasteiger partial charge in [0.25, 0.3) is 5.91 Å². The predicted molar refractivity (Wildman–Crippen MR) is 80.7 cm³/mol. The number of carbonyl (C=O) groups excluding carboxylic acids is 1. The van der Waals surface area contributed by atoms with Crippen LogP contribution in [0.4, 0.5) is 0 Å². The first-order valence-electron chi connectivity index (χ1n) is 7.17. The highest BCUT2D eigenvalue weighted by molar-refractivity contribution is 5.93. The summed E-state index contributed by atoms with van der Waals surface area (Å²) >= 11 is 0. The van der Waals surface area contributed by atoms with Crippen molar-refractivity contribution in [3.8, 4) is 5.69 Å². The number of benzene rings is 1. The number of aliphatic hydroxyl groups is 2. The SMILES string of the molecule is CCc1ccc(-n2nc(CO)c(C(=O)NC[C@H](C)O)n2)cc1. The van der Waals surface area contributed by atoms with Gasteiger partial charge in [0.05, 0.1) is 18.4 Å². The number of nitrogens with one attached hydrogen (secondary N) is 1. The molecule has 0 aliphatic carbocycles. The molecule has 1 heterocycles. The molecule has 0 spiro atoms. The second-order valence-corrected chi connectivity index (χ2v) is 5.02. The van der Waals surface area contributed by atoms with E-state index in [1.54, 1.807) is 6.92 Å². The van der Waals surface area contributed by atoms with Crippen LogP contribution in [0.15, 0.2) is 24.3 Å². The van der Waals surface area contributed by atoms with Crippen LogP contribution in [0.2, 0.25) is 0 Å². The molecule has 118 valence electrons. The number of amides is 1. The highest BCUT2D eigenvalue weighted by atomic mass is 16.3. The van der Waals surface area contributed by atoms with Crippen molar-refractivity contribution in [2.24, 2.45) is 0 Å². The Balaban J connectivity index is 2.25. The fourth-order valence-corrected chi connectivity index (χ4v) is 1.92. The summed E-state index contributed by atoms with van der Waals surface area (Å²) in [5.74, 6) is -0.471. The highest BCUT2D eigenvalue weighted by Gasteiger charge is 2.18. The summed E-state index contributed by atoms with van der Waals surface area (Å²) < 4.78 is 0. The van der Waals surface area contributed by atoms with Crippen LogP contribution in [0.3, 0.4) is 0 Å². The van der Waals surface area contributed by atoms with Gasteiger partial charge >= 0.3 is 0 Å². The first-order valence-corrected chi connectivity index (χ1v) is 7.17. The normalized spacial score (nSPS) is 12.2. The molecular formula is C15H20N4O3. The smallest absolute Gasteiger partial charge is 0.273 e. The molecule has 0 saturated carbocycles. The lowest BCUT2D eigenvalue weighted by molar-refractivity contribution is 0.0915. The molecule has 0 aliphatic rings. The average Bonchev–Trinajstić information content (AvgIpc) is 2.97. The summed E-state index contributed by atoms with van der Waals surface area (Å²) in [7, 11) is 0. The number of aromatic nitrogens is 3. The molecule has 7 heteroatoms. The van der Waals surface area contributed by atoms with Crippen molar-refractivity contribution in [2.75, 3.05) is 6.54 Å². The average molecular weight is 304 g/mol. The van der Waals surface area contributed by atoms with Crippen LogP contribution in [-0.4, -0.2) is 43.8 Å². The van der Waals surface area contributed by atoms with Gasteiger partial charge in [-0.3, -0.25) is 4.79 Å². The molecule has 0 bridgehead atoms. The maximum absolute atomic E-state index is 12.0. The van der Waals surface area contributed by atoms with Gasteiger partial charge in [-0.2, -0.15) is 4.80 Å². The van der Waals surface area contributed by atoms with Gasteiger partial charge in [0.15, 0.2) is 5.69 Å². The van der Waals surface area contributed by atoms with Crippen molar-refractivity contribution in [3.05, 3.63) is 41.2 Å². The number of hydrogen-bond acceptors (Lipinski definition) is 5.